The number of ether oxygens (including phenoxy) is 1. The average molecular weight is 364 g/mol. The van der Waals surface area contributed by atoms with Crippen molar-refractivity contribution in [3.05, 3.63) is 0 Å². The molecule has 6 heteroatoms. The summed E-state index contributed by atoms with van der Waals surface area (Å²) in [5, 5.41) is 0. The number of fused-ring (bicyclic) bond motifs is 1. The van der Waals surface area contributed by atoms with E-state index in [0.29, 0.717) is 41.8 Å². The highest BCUT2D eigenvalue weighted by Crippen LogP contribution is 2.57. The normalized spacial score (nSPS) is 32.2. The zero-order valence-corrected chi connectivity index (χ0v) is 16.6. The number of hydrogen-bond acceptors (Lipinski definition) is 4. The van der Waals surface area contributed by atoms with Gasteiger partial charge >= 0.3 is 6.09 Å². The van der Waals surface area contributed by atoms with Crippen LogP contribution in [0.15, 0.2) is 0 Å². The highest BCUT2D eigenvalue weighted by Gasteiger charge is 2.63. The molecule has 2 saturated heterocycles. The van der Waals surface area contributed by atoms with Crippen LogP contribution in [0.2, 0.25) is 0 Å². The number of piperidine rings is 1. The molecule has 2 saturated carbocycles. The number of carbonyl (C=O) groups excluding carboxylic acids is 2. The number of amides is 2. The molecule has 146 valence electrons. The molecule has 0 radical (unpaired) electrons. The van der Waals surface area contributed by atoms with Gasteiger partial charge in [0.2, 0.25) is 5.91 Å². The number of nitrogens with zero attached hydrogens (tertiary/aromatic N) is 3. The van der Waals surface area contributed by atoms with Crippen molar-refractivity contribution in [2.24, 2.45) is 23.2 Å². The van der Waals surface area contributed by atoms with Gasteiger partial charge in [-0.15, -0.1) is 0 Å². The first-order valence-electron chi connectivity index (χ1n) is 10.4. The maximum absolute atomic E-state index is 12.7. The summed E-state index contributed by atoms with van der Waals surface area (Å²) >= 11 is 0. The van der Waals surface area contributed by atoms with Crippen molar-refractivity contribution in [2.75, 3.05) is 39.3 Å². The number of likely N-dealkylation sites (tertiary alicyclic amines) is 2. The van der Waals surface area contributed by atoms with E-state index < -0.39 is 0 Å². The zero-order chi connectivity index (χ0) is 18.6. The van der Waals surface area contributed by atoms with Crippen molar-refractivity contribution in [1.82, 2.24) is 14.7 Å². The minimum atomic E-state index is -0.157. The Balaban J connectivity index is 1.21. The zero-order valence-electron chi connectivity index (χ0n) is 16.6. The lowest BCUT2D eigenvalue weighted by Gasteiger charge is -2.60. The van der Waals surface area contributed by atoms with E-state index in [-0.39, 0.29) is 12.0 Å². The van der Waals surface area contributed by atoms with E-state index in [1.165, 1.54) is 12.8 Å². The summed E-state index contributed by atoms with van der Waals surface area (Å²) in [5.41, 5.74) is 0.357. The van der Waals surface area contributed by atoms with E-state index in [1.807, 2.05) is 16.7 Å². The Kier molecular flexibility index (Phi) is 4.45. The van der Waals surface area contributed by atoms with Gasteiger partial charge in [0, 0.05) is 56.1 Å². The summed E-state index contributed by atoms with van der Waals surface area (Å²) in [4.78, 5) is 30.9. The molecule has 2 atom stereocenters. The fourth-order valence-corrected chi connectivity index (χ4v) is 5.75. The largest absolute Gasteiger partial charge is 0.450 e. The summed E-state index contributed by atoms with van der Waals surface area (Å²) in [6, 6.07) is 0.965. The minimum Gasteiger partial charge on any atom is -0.450 e. The number of carbonyl (C=O) groups is 2. The van der Waals surface area contributed by atoms with E-state index in [9.17, 15) is 9.59 Å². The molecule has 0 unspecified atom stereocenters. The van der Waals surface area contributed by atoms with Crippen LogP contribution in [-0.2, 0) is 9.53 Å². The topological polar surface area (TPSA) is 53.1 Å². The van der Waals surface area contributed by atoms with Crippen molar-refractivity contribution >= 4 is 12.0 Å². The van der Waals surface area contributed by atoms with Gasteiger partial charge in [-0.2, -0.15) is 0 Å². The van der Waals surface area contributed by atoms with Crippen LogP contribution in [0, 0.1) is 23.2 Å². The predicted octanol–water partition coefficient (Wildman–Crippen LogP) is 2.04. The second-order valence-electron chi connectivity index (χ2n) is 9.14. The third-order valence-electron chi connectivity index (χ3n) is 7.19. The molecular formula is C20H33N3O3. The van der Waals surface area contributed by atoms with Gasteiger partial charge in [-0.3, -0.25) is 9.69 Å². The lowest BCUT2D eigenvalue weighted by molar-refractivity contribution is -0.135. The van der Waals surface area contributed by atoms with E-state index in [1.54, 1.807) is 0 Å². The monoisotopic (exact) mass is 363 g/mol. The SMILES string of the molecule is CCOC(=O)N1CC2(CC(N3C[C@@H]4C(C(=O)N(CC)C(C)C)[C@H]4C3)C2)C1. The highest BCUT2D eigenvalue weighted by atomic mass is 16.6. The summed E-state index contributed by atoms with van der Waals surface area (Å²) in [6.07, 6.45) is 2.25. The predicted molar refractivity (Wildman–Crippen MR) is 98.6 cm³/mol. The van der Waals surface area contributed by atoms with Crippen molar-refractivity contribution in [2.45, 2.75) is 52.6 Å². The second kappa shape index (κ2) is 6.39. The van der Waals surface area contributed by atoms with Gasteiger partial charge in [-0.1, -0.05) is 0 Å². The maximum atomic E-state index is 12.7. The van der Waals surface area contributed by atoms with E-state index in [0.717, 1.165) is 32.7 Å². The molecule has 26 heavy (non-hydrogen) atoms. The Labute approximate surface area is 156 Å². The second-order valence-corrected chi connectivity index (χ2v) is 9.14. The van der Waals surface area contributed by atoms with E-state index >= 15 is 0 Å². The summed E-state index contributed by atoms with van der Waals surface area (Å²) in [6.45, 7) is 13.3. The standard InChI is InChI=1S/C20H33N3O3/c1-5-23(13(3)4)18(24)17-15-9-21(10-16(15)17)14-7-20(8-14)11-22(12-20)19(25)26-6-2/h13-17H,5-12H2,1-4H3/t15-,16-/m0/s1. The van der Waals surface area contributed by atoms with Crippen LogP contribution >= 0.6 is 0 Å². The van der Waals surface area contributed by atoms with E-state index in [4.69, 9.17) is 4.74 Å². The highest BCUT2D eigenvalue weighted by molar-refractivity contribution is 5.83. The quantitative estimate of drug-likeness (QED) is 0.750. The minimum absolute atomic E-state index is 0.157. The molecule has 2 aliphatic heterocycles. The van der Waals surface area contributed by atoms with Crippen LogP contribution in [0.5, 0.6) is 0 Å². The van der Waals surface area contributed by atoms with Crippen molar-refractivity contribution < 1.29 is 14.3 Å². The van der Waals surface area contributed by atoms with Gasteiger partial charge in [-0.05, 0) is 52.4 Å². The molecule has 0 aromatic rings. The molecular weight excluding hydrogens is 330 g/mol. The Hall–Kier alpha value is -1.30. The molecule has 2 heterocycles. The molecule has 4 aliphatic rings. The smallest absolute Gasteiger partial charge is 0.409 e. The Morgan fingerprint density at radius 3 is 2.27 bits per heavy atom. The first-order valence-corrected chi connectivity index (χ1v) is 10.4. The fraction of sp³-hybridized carbons (Fsp3) is 0.900. The summed E-state index contributed by atoms with van der Waals surface area (Å²) in [5.74, 6) is 1.84. The van der Waals surface area contributed by atoms with Gasteiger partial charge in [-0.25, -0.2) is 4.79 Å². The molecule has 2 amide bonds. The lowest BCUT2D eigenvalue weighted by Crippen LogP contribution is -2.67. The van der Waals surface area contributed by atoms with Gasteiger partial charge < -0.3 is 14.5 Å². The molecule has 0 N–H and O–H groups in total. The van der Waals surface area contributed by atoms with Crippen LogP contribution in [0.3, 0.4) is 0 Å². The molecule has 0 aromatic heterocycles. The average Bonchev–Trinajstić information content (AvgIpc) is 3.00. The Morgan fingerprint density at radius 1 is 1.15 bits per heavy atom. The fourth-order valence-electron chi connectivity index (χ4n) is 5.75. The summed E-state index contributed by atoms with van der Waals surface area (Å²) in [7, 11) is 0. The molecule has 2 aliphatic carbocycles. The third kappa shape index (κ3) is 2.81. The van der Waals surface area contributed by atoms with Crippen LogP contribution in [0.25, 0.3) is 0 Å². The van der Waals surface area contributed by atoms with Crippen molar-refractivity contribution in [3.8, 4) is 0 Å². The molecule has 4 rings (SSSR count). The summed E-state index contributed by atoms with van der Waals surface area (Å²) < 4.78 is 5.07. The van der Waals surface area contributed by atoms with Crippen LogP contribution < -0.4 is 0 Å². The van der Waals surface area contributed by atoms with Gasteiger partial charge in [0.25, 0.3) is 0 Å². The third-order valence-corrected chi connectivity index (χ3v) is 7.19. The molecule has 4 fully saturated rings. The van der Waals surface area contributed by atoms with Crippen molar-refractivity contribution in [1.29, 1.82) is 0 Å². The van der Waals surface area contributed by atoms with Crippen molar-refractivity contribution in [3.63, 3.8) is 0 Å². The van der Waals surface area contributed by atoms with Crippen LogP contribution in [-0.4, -0.2) is 78.1 Å². The number of hydrogen-bond donors (Lipinski definition) is 0. The first kappa shape index (κ1) is 18.1. The molecule has 1 spiro atoms. The maximum Gasteiger partial charge on any atom is 0.409 e. The van der Waals surface area contributed by atoms with E-state index in [2.05, 4.69) is 25.7 Å². The van der Waals surface area contributed by atoms with Gasteiger partial charge in [0.1, 0.15) is 0 Å². The lowest BCUT2D eigenvalue weighted by atomic mass is 9.60. The molecule has 6 nitrogen and oxygen atoms in total. The first-order chi connectivity index (χ1) is 12.4. The molecule has 0 bridgehead atoms. The molecule has 0 aromatic carbocycles. The van der Waals surface area contributed by atoms with Crippen LogP contribution in [0.4, 0.5) is 4.79 Å². The van der Waals surface area contributed by atoms with Gasteiger partial charge in [0.15, 0.2) is 0 Å². The Bertz CT molecular complexity index is 567. The number of rotatable bonds is 5. The Morgan fingerprint density at radius 2 is 1.77 bits per heavy atom. The van der Waals surface area contributed by atoms with Crippen LogP contribution in [0.1, 0.15) is 40.5 Å². The van der Waals surface area contributed by atoms with Gasteiger partial charge in [0.05, 0.1) is 6.61 Å².